The summed E-state index contributed by atoms with van der Waals surface area (Å²) in [5, 5.41) is 11.5. The number of hydrogen-bond donors (Lipinski definition) is 2. The second-order valence-corrected chi connectivity index (χ2v) is 4.33. The Kier molecular flexibility index (Phi) is 4.35. The number of rotatable bonds is 3. The minimum atomic E-state index is 0.260. The fraction of sp³-hybridized carbons (Fsp3) is 0.900. The Morgan fingerprint density at radius 3 is 2.93 bits per heavy atom. The van der Waals surface area contributed by atoms with Crippen LogP contribution in [0.25, 0.3) is 0 Å². The number of oxime groups is 1. The second kappa shape index (κ2) is 5.32. The van der Waals surface area contributed by atoms with Crippen molar-refractivity contribution in [3.8, 4) is 0 Å². The van der Waals surface area contributed by atoms with Crippen molar-refractivity contribution in [2.75, 3.05) is 13.2 Å². The first-order chi connectivity index (χ1) is 7.04. The molecule has 0 aromatic rings. The van der Waals surface area contributed by atoms with Gasteiger partial charge in [-0.25, -0.2) is 0 Å². The SMILES string of the molecule is CC1CN(C(C)CC(N)=NO)C(C)CO1. The zero-order valence-corrected chi connectivity index (χ0v) is 9.68. The van der Waals surface area contributed by atoms with Crippen molar-refractivity contribution >= 4 is 5.84 Å². The van der Waals surface area contributed by atoms with E-state index >= 15 is 0 Å². The summed E-state index contributed by atoms with van der Waals surface area (Å²) in [4.78, 5) is 2.34. The van der Waals surface area contributed by atoms with Gasteiger partial charge in [0.05, 0.1) is 12.7 Å². The molecule has 0 aromatic heterocycles. The first-order valence-corrected chi connectivity index (χ1v) is 5.38. The molecule has 0 radical (unpaired) electrons. The molecule has 1 rings (SSSR count). The Labute approximate surface area is 90.9 Å². The van der Waals surface area contributed by atoms with Crippen LogP contribution in [0.5, 0.6) is 0 Å². The maximum absolute atomic E-state index is 8.52. The highest BCUT2D eigenvalue weighted by Gasteiger charge is 2.27. The molecule has 0 bridgehead atoms. The van der Waals surface area contributed by atoms with Crippen molar-refractivity contribution in [1.29, 1.82) is 0 Å². The largest absolute Gasteiger partial charge is 0.409 e. The van der Waals surface area contributed by atoms with Gasteiger partial charge >= 0.3 is 0 Å². The molecule has 15 heavy (non-hydrogen) atoms. The van der Waals surface area contributed by atoms with E-state index in [2.05, 4.69) is 30.8 Å². The lowest BCUT2D eigenvalue weighted by Gasteiger charge is -2.40. The van der Waals surface area contributed by atoms with Crippen molar-refractivity contribution < 1.29 is 9.94 Å². The summed E-state index contributed by atoms with van der Waals surface area (Å²) in [6.07, 6.45) is 0.851. The van der Waals surface area contributed by atoms with Gasteiger partial charge in [0, 0.05) is 25.0 Å². The van der Waals surface area contributed by atoms with Crippen LogP contribution in [0.1, 0.15) is 27.2 Å². The molecular weight excluding hydrogens is 194 g/mol. The van der Waals surface area contributed by atoms with Gasteiger partial charge in [-0.1, -0.05) is 5.16 Å². The van der Waals surface area contributed by atoms with E-state index in [4.69, 9.17) is 15.7 Å². The van der Waals surface area contributed by atoms with Gasteiger partial charge in [-0.2, -0.15) is 0 Å². The zero-order chi connectivity index (χ0) is 11.4. The number of nitrogens with zero attached hydrogens (tertiary/aromatic N) is 2. The summed E-state index contributed by atoms with van der Waals surface area (Å²) in [7, 11) is 0. The predicted octanol–water partition coefficient (Wildman–Crippen LogP) is 0.621. The van der Waals surface area contributed by atoms with Gasteiger partial charge in [0.2, 0.25) is 0 Å². The Balaban J connectivity index is 2.52. The molecule has 0 aromatic carbocycles. The fourth-order valence-electron chi connectivity index (χ4n) is 2.00. The molecule has 88 valence electrons. The van der Waals surface area contributed by atoms with E-state index in [1.807, 2.05) is 0 Å². The summed E-state index contributed by atoms with van der Waals surface area (Å²) in [5.74, 6) is 0.286. The minimum Gasteiger partial charge on any atom is -0.409 e. The molecule has 0 spiro atoms. The van der Waals surface area contributed by atoms with Gasteiger partial charge in [0.1, 0.15) is 5.84 Å². The third kappa shape index (κ3) is 3.35. The van der Waals surface area contributed by atoms with E-state index < -0.39 is 0 Å². The molecule has 1 heterocycles. The van der Waals surface area contributed by atoms with Gasteiger partial charge in [-0.3, -0.25) is 4.90 Å². The lowest BCUT2D eigenvalue weighted by Crippen LogP contribution is -2.52. The van der Waals surface area contributed by atoms with Crippen LogP contribution in [0.2, 0.25) is 0 Å². The van der Waals surface area contributed by atoms with Gasteiger partial charge in [0.25, 0.3) is 0 Å². The lowest BCUT2D eigenvalue weighted by atomic mass is 10.1. The first-order valence-electron chi connectivity index (χ1n) is 5.38. The minimum absolute atomic E-state index is 0.260. The number of nitrogens with two attached hydrogens (primary N) is 1. The summed E-state index contributed by atoms with van der Waals surface area (Å²) in [6, 6.07) is 0.671. The zero-order valence-electron chi connectivity index (χ0n) is 9.68. The maximum Gasteiger partial charge on any atom is 0.140 e. The number of amidine groups is 1. The molecule has 3 atom stereocenters. The van der Waals surface area contributed by atoms with E-state index in [0.717, 1.165) is 13.2 Å². The van der Waals surface area contributed by atoms with Crippen molar-refractivity contribution in [2.24, 2.45) is 10.9 Å². The highest BCUT2D eigenvalue weighted by Crippen LogP contribution is 2.16. The molecule has 0 aliphatic carbocycles. The van der Waals surface area contributed by atoms with Crippen molar-refractivity contribution in [3.63, 3.8) is 0 Å². The van der Waals surface area contributed by atoms with Crippen molar-refractivity contribution in [2.45, 2.75) is 45.4 Å². The molecular formula is C10H21N3O2. The molecule has 0 saturated carbocycles. The Hall–Kier alpha value is -0.810. The molecule has 1 aliphatic heterocycles. The predicted molar refractivity (Wildman–Crippen MR) is 59.1 cm³/mol. The standard InChI is InChI=1S/C10H21N3O2/c1-7(4-10(11)12-14)13-5-9(3)15-6-8(13)2/h7-9,14H,4-6H2,1-3H3,(H2,11,12). The van der Waals surface area contributed by atoms with E-state index in [0.29, 0.717) is 12.5 Å². The Morgan fingerprint density at radius 2 is 2.33 bits per heavy atom. The average Bonchev–Trinajstić information content (AvgIpc) is 2.21. The topological polar surface area (TPSA) is 71.1 Å². The van der Waals surface area contributed by atoms with Crippen molar-refractivity contribution in [1.82, 2.24) is 4.90 Å². The van der Waals surface area contributed by atoms with Gasteiger partial charge in [-0.15, -0.1) is 0 Å². The van der Waals surface area contributed by atoms with Crippen LogP contribution in [0.3, 0.4) is 0 Å². The average molecular weight is 215 g/mol. The summed E-state index contributed by atoms with van der Waals surface area (Å²) in [5.41, 5.74) is 5.50. The third-order valence-electron chi connectivity index (χ3n) is 2.86. The lowest BCUT2D eigenvalue weighted by molar-refractivity contribution is -0.0623. The highest BCUT2D eigenvalue weighted by molar-refractivity contribution is 5.80. The smallest absolute Gasteiger partial charge is 0.140 e. The van der Waals surface area contributed by atoms with Gasteiger partial charge in [0.15, 0.2) is 0 Å². The Bertz CT molecular complexity index is 233. The van der Waals surface area contributed by atoms with E-state index in [1.165, 1.54) is 0 Å². The van der Waals surface area contributed by atoms with Crippen LogP contribution >= 0.6 is 0 Å². The molecule has 3 N–H and O–H groups in total. The normalized spacial score (nSPS) is 31.5. The fourth-order valence-corrected chi connectivity index (χ4v) is 2.00. The number of morpholine rings is 1. The van der Waals surface area contributed by atoms with Crippen LogP contribution in [0.4, 0.5) is 0 Å². The Morgan fingerprint density at radius 1 is 1.67 bits per heavy atom. The first kappa shape index (κ1) is 12.3. The maximum atomic E-state index is 8.52. The quantitative estimate of drug-likeness (QED) is 0.313. The molecule has 3 unspecified atom stereocenters. The molecule has 1 fully saturated rings. The third-order valence-corrected chi connectivity index (χ3v) is 2.86. The van der Waals surface area contributed by atoms with Gasteiger partial charge < -0.3 is 15.7 Å². The number of ether oxygens (including phenoxy) is 1. The molecule has 1 saturated heterocycles. The van der Waals surface area contributed by atoms with Crippen molar-refractivity contribution in [3.05, 3.63) is 0 Å². The monoisotopic (exact) mass is 215 g/mol. The molecule has 5 heteroatoms. The molecule has 5 nitrogen and oxygen atoms in total. The van der Waals surface area contributed by atoms with E-state index in [1.54, 1.807) is 0 Å². The molecule has 0 amide bonds. The molecule has 1 aliphatic rings. The highest BCUT2D eigenvalue weighted by atomic mass is 16.5. The van der Waals surface area contributed by atoms with Crippen LogP contribution in [0, 0.1) is 0 Å². The summed E-state index contributed by atoms with van der Waals surface area (Å²) >= 11 is 0. The number of hydrogen-bond acceptors (Lipinski definition) is 4. The summed E-state index contributed by atoms with van der Waals surface area (Å²) < 4.78 is 5.55. The van der Waals surface area contributed by atoms with Gasteiger partial charge in [-0.05, 0) is 20.8 Å². The van der Waals surface area contributed by atoms with E-state index in [9.17, 15) is 0 Å². The van der Waals surface area contributed by atoms with Crippen LogP contribution in [-0.4, -0.2) is 47.3 Å². The summed E-state index contributed by atoms with van der Waals surface area (Å²) in [6.45, 7) is 7.94. The van der Waals surface area contributed by atoms with Crippen LogP contribution in [-0.2, 0) is 4.74 Å². The second-order valence-electron chi connectivity index (χ2n) is 4.33. The van der Waals surface area contributed by atoms with Crippen LogP contribution in [0.15, 0.2) is 5.16 Å². The van der Waals surface area contributed by atoms with E-state index in [-0.39, 0.29) is 18.0 Å². The van der Waals surface area contributed by atoms with Crippen LogP contribution < -0.4 is 5.73 Å².